The molecule has 0 aliphatic rings. The van der Waals surface area contributed by atoms with E-state index in [9.17, 15) is 9.59 Å². The zero-order valence-corrected chi connectivity index (χ0v) is 16.6. The summed E-state index contributed by atoms with van der Waals surface area (Å²) in [5.74, 6) is -0.845. The lowest BCUT2D eigenvalue weighted by Gasteiger charge is -2.07. The minimum atomic E-state index is -0.426. The molecule has 10 nitrogen and oxygen atoms in total. The Morgan fingerprint density at radius 2 is 1.43 bits per heavy atom. The minimum absolute atomic E-state index is 0.168. The van der Waals surface area contributed by atoms with E-state index in [2.05, 4.69) is 25.9 Å². The molecule has 0 atom stereocenters. The number of rotatable bonds is 6. The number of nitrogens with one attached hydrogen (secondary N) is 2. The highest BCUT2D eigenvalue weighted by molar-refractivity contribution is 6.14. The van der Waals surface area contributed by atoms with Crippen molar-refractivity contribution >= 4 is 23.2 Å². The molecule has 0 aliphatic heterocycles. The van der Waals surface area contributed by atoms with Gasteiger partial charge in [0.15, 0.2) is 0 Å². The number of anilines is 2. The molecule has 3 aromatic heterocycles. The van der Waals surface area contributed by atoms with Gasteiger partial charge in [-0.05, 0) is 27.7 Å². The van der Waals surface area contributed by atoms with Crippen LogP contribution < -0.4 is 10.6 Å². The van der Waals surface area contributed by atoms with Crippen LogP contribution in [0.25, 0.3) is 0 Å². The van der Waals surface area contributed by atoms with E-state index in [0.29, 0.717) is 35.9 Å². The Morgan fingerprint density at radius 1 is 0.929 bits per heavy atom. The molecule has 0 aromatic carbocycles. The first-order chi connectivity index (χ1) is 13.3. The van der Waals surface area contributed by atoms with Gasteiger partial charge in [-0.2, -0.15) is 15.3 Å². The molecule has 28 heavy (non-hydrogen) atoms. The lowest BCUT2D eigenvalue weighted by molar-refractivity contribution is 0.0985. The van der Waals surface area contributed by atoms with Gasteiger partial charge in [0, 0.05) is 32.5 Å². The molecular weight excluding hydrogens is 360 g/mol. The molecular formula is C18H24N8O2. The zero-order valence-electron chi connectivity index (χ0n) is 16.6. The van der Waals surface area contributed by atoms with Gasteiger partial charge in [-0.25, -0.2) is 0 Å². The molecule has 3 heterocycles. The fourth-order valence-corrected chi connectivity index (χ4v) is 2.85. The fraction of sp³-hybridized carbons (Fsp3) is 0.389. The van der Waals surface area contributed by atoms with Gasteiger partial charge in [-0.1, -0.05) is 0 Å². The Hall–Kier alpha value is -3.43. The first kappa shape index (κ1) is 19.3. The number of aromatic nitrogens is 6. The summed E-state index contributed by atoms with van der Waals surface area (Å²) in [5.41, 5.74) is 2.95. The van der Waals surface area contributed by atoms with E-state index in [0.717, 1.165) is 0 Å². The second-order valence-corrected chi connectivity index (χ2v) is 6.41. The Bertz CT molecular complexity index is 1030. The van der Waals surface area contributed by atoms with Gasteiger partial charge >= 0.3 is 0 Å². The first-order valence-corrected chi connectivity index (χ1v) is 9.06. The molecule has 0 aliphatic carbocycles. The lowest BCUT2D eigenvalue weighted by atomic mass is 10.2. The predicted molar refractivity (Wildman–Crippen MR) is 104 cm³/mol. The quantitative estimate of drug-likeness (QED) is 0.675. The van der Waals surface area contributed by atoms with Crippen LogP contribution in [0.2, 0.25) is 0 Å². The van der Waals surface area contributed by atoms with E-state index in [-0.39, 0.29) is 11.3 Å². The normalized spacial score (nSPS) is 10.9. The van der Waals surface area contributed by atoms with Gasteiger partial charge in [0.05, 0.1) is 34.5 Å². The van der Waals surface area contributed by atoms with Crippen LogP contribution in [0.5, 0.6) is 0 Å². The van der Waals surface area contributed by atoms with Crippen molar-refractivity contribution < 1.29 is 9.59 Å². The molecule has 10 heteroatoms. The molecule has 0 saturated carbocycles. The Morgan fingerprint density at radius 3 is 1.89 bits per heavy atom. The Kier molecular flexibility index (Phi) is 5.30. The molecule has 0 radical (unpaired) electrons. The Labute approximate surface area is 162 Å². The molecule has 0 spiro atoms. The van der Waals surface area contributed by atoms with Crippen molar-refractivity contribution in [2.75, 3.05) is 10.6 Å². The van der Waals surface area contributed by atoms with Crippen LogP contribution in [-0.4, -0.2) is 41.2 Å². The number of aryl methyl sites for hydroxylation is 5. The summed E-state index contributed by atoms with van der Waals surface area (Å²) in [4.78, 5) is 25.6. The van der Waals surface area contributed by atoms with E-state index in [1.54, 1.807) is 28.8 Å². The molecule has 0 bridgehead atoms. The highest BCUT2D eigenvalue weighted by Gasteiger charge is 2.24. The summed E-state index contributed by atoms with van der Waals surface area (Å²) < 4.78 is 4.85. The smallest absolute Gasteiger partial charge is 0.274 e. The van der Waals surface area contributed by atoms with E-state index >= 15 is 0 Å². The third kappa shape index (κ3) is 3.66. The number of carbonyl (C=O) groups is 2. The first-order valence-electron chi connectivity index (χ1n) is 9.06. The highest BCUT2D eigenvalue weighted by Crippen LogP contribution is 2.18. The number of amides is 2. The van der Waals surface area contributed by atoms with Gasteiger partial charge in [0.25, 0.3) is 11.8 Å². The molecule has 0 saturated heterocycles. The monoisotopic (exact) mass is 384 g/mol. The van der Waals surface area contributed by atoms with E-state index in [1.165, 1.54) is 10.9 Å². The average Bonchev–Trinajstić information content (AvgIpc) is 3.32. The van der Waals surface area contributed by atoms with Crippen LogP contribution in [0, 0.1) is 13.8 Å². The SMILES string of the molecule is CCn1cc(NC(=O)c2cnn(C)c2C(=O)Nc2cn(CC)nc2C)c(C)n1. The summed E-state index contributed by atoms with van der Waals surface area (Å²) in [7, 11) is 1.62. The maximum Gasteiger partial charge on any atom is 0.274 e. The number of hydrogen-bond donors (Lipinski definition) is 2. The van der Waals surface area contributed by atoms with Crippen molar-refractivity contribution in [2.24, 2.45) is 7.05 Å². The lowest BCUT2D eigenvalue weighted by Crippen LogP contribution is -2.22. The minimum Gasteiger partial charge on any atom is -0.319 e. The number of carbonyl (C=O) groups excluding carboxylic acids is 2. The van der Waals surface area contributed by atoms with Crippen LogP contribution in [-0.2, 0) is 20.1 Å². The number of hydrogen-bond acceptors (Lipinski definition) is 5. The standard InChI is InChI=1S/C18H24N8O2/c1-6-25-9-14(11(3)22-25)20-17(27)13-8-19-24(5)16(13)18(28)21-15-10-26(7-2)23-12(15)4/h8-10H,6-7H2,1-5H3,(H,20,27)(H,21,28). The van der Waals surface area contributed by atoms with Crippen molar-refractivity contribution in [3.63, 3.8) is 0 Å². The highest BCUT2D eigenvalue weighted by atomic mass is 16.2. The summed E-state index contributed by atoms with van der Waals surface area (Å²) in [5, 5.41) is 18.3. The van der Waals surface area contributed by atoms with Gasteiger partial charge in [-0.15, -0.1) is 0 Å². The predicted octanol–water partition coefficient (Wildman–Crippen LogP) is 1.97. The van der Waals surface area contributed by atoms with Crippen molar-refractivity contribution in [3.8, 4) is 0 Å². The Balaban J connectivity index is 1.84. The summed E-state index contributed by atoms with van der Waals surface area (Å²) >= 11 is 0. The van der Waals surface area contributed by atoms with Gasteiger partial charge in [0.1, 0.15) is 5.69 Å². The third-order valence-electron chi connectivity index (χ3n) is 4.44. The molecule has 3 rings (SSSR count). The zero-order chi connectivity index (χ0) is 20.4. The summed E-state index contributed by atoms with van der Waals surface area (Å²) in [6.07, 6.45) is 4.89. The maximum absolute atomic E-state index is 12.8. The summed E-state index contributed by atoms with van der Waals surface area (Å²) in [6.45, 7) is 8.94. The maximum atomic E-state index is 12.8. The largest absolute Gasteiger partial charge is 0.319 e. The third-order valence-corrected chi connectivity index (χ3v) is 4.44. The van der Waals surface area contributed by atoms with E-state index < -0.39 is 11.8 Å². The van der Waals surface area contributed by atoms with Gasteiger partial charge in [0.2, 0.25) is 0 Å². The molecule has 148 valence electrons. The fourth-order valence-electron chi connectivity index (χ4n) is 2.85. The van der Waals surface area contributed by atoms with Crippen LogP contribution in [0.4, 0.5) is 11.4 Å². The molecule has 0 unspecified atom stereocenters. The molecule has 2 N–H and O–H groups in total. The molecule has 3 aromatic rings. The number of nitrogens with zero attached hydrogens (tertiary/aromatic N) is 6. The van der Waals surface area contributed by atoms with E-state index in [4.69, 9.17) is 0 Å². The van der Waals surface area contributed by atoms with E-state index in [1.807, 2.05) is 27.7 Å². The molecule has 2 amide bonds. The van der Waals surface area contributed by atoms with Crippen LogP contribution in [0.3, 0.4) is 0 Å². The molecule has 0 fully saturated rings. The second kappa shape index (κ2) is 7.67. The van der Waals surface area contributed by atoms with Crippen molar-refractivity contribution in [1.29, 1.82) is 0 Å². The summed E-state index contributed by atoms with van der Waals surface area (Å²) in [6, 6.07) is 0. The topological polar surface area (TPSA) is 112 Å². The van der Waals surface area contributed by atoms with Crippen LogP contribution in [0.15, 0.2) is 18.6 Å². The van der Waals surface area contributed by atoms with Crippen molar-refractivity contribution in [2.45, 2.75) is 40.8 Å². The van der Waals surface area contributed by atoms with Crippen LogP contribution in [0.1, 0.15) is 46.1 Å². The second-order valence-electron chi connectivity index (χ2n) is 6.41. The van der Waals surface area contributed by atoms with Crippen LogP contribution >= 0.6 is 0 Å². The van der Waals surface area contributed by atoms with Crippen molar-refractivity contribution in [3.05, 3.63) is 41.2 Å². The van der Waals surface area contributed by atoms with Gasteiger partial charge < -0.3 is 10.6 Å². The van der Waals surface area contributed by atoms with Crippen molar-refractivity contribution in [1.82, 2.24) is 29.3 Å². The van der Waals surface area contributed by atoms with Gasteiger partial charge in [-0.3, -0.25) is 23.6 Å². The average molecular weight is 384 g/mol.